The summed E-state index contributed by atoms with van der Waals surface area (Å²) in [7, 11) is 0. The monoisotopic (exact) mass is 261 g/mol. The van der Waals surface area contributed by atoms with Crippen LogP contribution in [0.5, 0.6) is 11.5 Å². The van der Waals surface area contributed by atoms with Crippen LogP contribution < -0.4 is 14.8 Å². The van der Waals surface area contributed by atoms with Gasteiger partial charge < -0.3 is 14.8 Å². The third kappa shape index (κ3) is 2.59. The Bertz CT molecular complexity index is 511. The van der Waals surface area contributed by atoms with E-state index in [1.165, 1.54) is 5.56 Å². The Hall–Kier alpha value is -1.68. The summed E-state index contributed by atoms with van der Waals surface area (Å²) in [6, 6.07) is 8.20. The van der Waals surface area contributed by atoms with Crippen LogP contribution in [0.1, 0.15) is 12.0 Å². The lowest BCUT2D eigenvalue weighted by Gasteiger charge is -2.10. The summed E-state index contributed by atoms with van der Waals surface area (Å²) in [6.45, 7) is 2.27. The van der Waals surface area contributed by atoms with Gasteiger partial charge in [-0.2, -0.15) is 11.3 Å². The maximum absolute atomic E-state index is 5.68. The number of hydrogen-bond acceptors (Lipinski definition) is 4. The Kier molecular flexibility index (Phi) is 3.37. The largest absolute Gasteiger partial charge is 0.490 e. The second-order valence-electron chi connectivity index (χ2n) is 4.20. The van der Waals surface area contributed by atoms with Crippen molar-refractivity contribution >= 4 is 17.0 Å². The molecule has 1 aromatic heterocycles. The zero-order valence-electron chi connectivity index (χ0n) is 10.0. The lowest BCUT2D eigenvalue weighted by Crippen LogP contribution is -1.99. The third-order valence-electron chi connectivity index (χ3n) is 2.83. The van der Waals surface area contributed by atoms with Crippen LogP contribution in [0.4, 0.5) is 5.69 Å². The first kappa shape index (κ1) is 11.4. The summed E-state index contributed by atoms with van der Waals surface area (Å²) >= 11 is 1.69. The van der Waals surface area contributed by atoms with Crippen molar-refractivity contribution < 1.29 is 9.47 Å². The van der Waals surface area contributed by atoms with Gasteiger partial charge in [0.25, 0.3) is 0 Å². The van der Waals surface area contributed by atoms with Gasteiger partial charge in [-0.05, 0) is 29.1 Å². The molecule has 3 nitrogen and oxygen atoms in total. The number of hydrogen-bond donors (Lipinski definition) is 1. The first-order valence-electron chi connectivity index (χ1n) is 6.06. The number of nitrogens with one attached hydrogen (secondary N) is 1. The van der Waals surface area contributed by atoms with Crippen LogP contribution in [0.2, 0.25) is 0 Å². The van der Waals surface area contributed by atoms with E-state index in [2.05, 4.69) is 34.3 Å². The highest BCUT2D eigenvalue weighted by molar-refractivity contribution is 7.08. The molecular formula is C14H15NO2S. The van der Waals surface area contributed by atoms with Crippen molar-refractivity contribution in [1.82, 2.24) is 0 Å². The molecule has 0 fully saturated rings. The van der Waals surface area contributed by atoms with Crippen molar-refractivity contribution in [3.05, 3.63) is 40.6 Å². The van der Waals surface area contributed by atoms with Gasteiger partial charge in [0.2, 0.25) is 0 Å². The molecule has 0 radical (unpaired) electrons. The maximum Gasteiger partial charge on any atom is 0.161 e. The second-order valence-corrected chi connectivity index (χ2v) is 4.98. The highest BCUT2D eigenvalue weighted by Gasteiger charge is 2.10. The molecule has 0 amide bonds. The summed E-state index contributed by atoms with van der Waals surface area (Å²) in [6.07, 6.45) is 0.942. The second kappa shape index (κ2) is 5.31. The van der Waals surface area contributed by atoms with Crippen molar-refractivity contribution in [2.75, 3.05) is 18.5 Å². The van der Waals surface area contributed by atoms with Gasteiger partial charge in [0.05, 0.1) is 13.2 Å². The number of thiophene rings is 1. The molecule has 1 aliphatic heterocycles. The van der Waals surface area contributed by atoms with E-state index in [9.17, 15) is 0 Å². The minimum Gasteiger partial charge on any atom is -0.490 e. The molecule has 0 bridgehead atoms. The Labute approximate surface area is 110 Å². The summed E-state index contributed by atoms with van der Waals surface area (Å²) in [4.78, 5) is 0. The van der Waals surface area contributed by atoms with Gasteiger partial charge in [0.15, 0.2) is 11.5 Å². The summed E-state index contributed by atoms with van der Waals surface area (Å²) in [5.41, 5.74) is 2.36. The molecule has 0 aliphatic carbocycles. The minimum atomic E-state index is 0.731. The van der Waals surface area contributed by atoms with Gasteiger partial charge in [-0.25, -0.2) is 0 Å². The van der Waals surface area contributed by atoms with E-state index >= 15 is 0 Å². The standard InChI is InChI=1S/C14H15NO2S/c1-5-16-13-3-2-11(8-14(13)17-6-1)9-15-12-4-7-18-10-12/h2-4,7-8,10,15H,1,5-6,9H2. The molecule has 0 atom stereocenters. The first-order valence-corrected chi connectivity index (χ1v) is 7.01. The van der Waals surface area contributed by atoms with Gasteiger partial charge in [0.1, 0.15) is 0 Å². The molecule has 1 aromatic carbocycles. The average Bonchev–Trinajstić information content (AvgIpc) is 2.80. The summed E-state index contributed by atoms with van der Waals surface area (Å²) in [5, 5.41) is 7.54. The Morgan fingerprint density at radius 3 is 2.83 bits per heavy atom. The number of rotatable bonds is 3. The molecule has 0 unspecified atom stereocenters. The number of fused-ring (bicyclic) bond motifs is 1. The molecule has 0 saturated carbocycles. The first-order chi connectivity index (χ1) is 8.92. The fourth-order valence-corrected chi connectivity index (χ4v) is 2.50. The summed E-state index contributed by atoms with van der Waals surface area (Å²) < 4.78 is 11.3. The van der Waals surface area contributed by atoms with Crippen LogP contribution >= 0.6 is 11.3 Å². The molecule has 0 saturated heterocycles. The molecule has 1 N–H and O–H groups in total. The Morgan fingerprint density at radius 2 is 2.00 bits per heavy atom. The van der Waals surface area contributed by atoms with Gasteiger partial charge in [-0.15, -0.1) is 0 Å². The molecule has 18 heavy (non-hydrogen) atoms. The van der Waals surface area contributed by atoms with Gasteiger partial charge in [0, 0.05) is 24.0 Å². The van der Waals surface area contributed by atoms with Gasteiger partial charge in [-0.3, -0.25) is 0 Å². The van der Waals surface area contributed by atoms with Crippen LogP contribution in [-0.4, -0.2) is 13.2 Å². The molecule has 3 rings (SSSR count). The minimum absolute atomic E-state index is 0.731. The molecular weight excluding hydrogens is 246 g/mol. The molecule has 0 spiro atoms. The molecule has 94 valence electrons. The van der Waals surface area contributed by atoms with E-state index in [0.29, 0.717) is 0 Å². The predicted molar refractivity (Wildman–Crippen MR) is 73.7 cm³/mol. The zero-order valence-corrected chi connectivity index (χ0v) is 10.8. The van der Waals surface area contributed by atoms with Crippen LogP contribution in [0.15, 0.2) is 35.0 Å². The van der Waals surface area contributed by atoms with Gasteiger partial charge in [-0.1, -0.05) is 6.07 Å². The zero-order chi connectivity index (χ0) is 12.2. The average molecular weight is 261 g/mol. The Balaban J connectivity index is 1.71. The van der Waals surface area contributed by atoms with E-state index in [1.54, 1.807) is 11.3 Å². The Morgan fingerprint density at radius 1 is 1.11 bits per heavy atom. The third-order valence-corrected chi connectivity index (χ3v) is 3.51. The normalized spacial score (nSPS) is 14.0. The molecule has 4 heteroatoms. The van der Waals surface area contributed by atoms with Crippen molar-refractivity contribution in [3.63, 3.8) is 0 Å². The van der Waals surface area contributed by atoms with E-state index in [4.69, 9.17) is 9.47 Å². The fraction of sp³-hybridized carbons (Fsp3) is 0.286. The number of benzene rings is 1. The van der Waals surface area contributed by atoms with Crippen molar-refractivity contribution in [2.45, 2.75) is 13.0 Å². The molecule has 2 heterocycles. The van der Waals surface area contributed by atoms with E-state index in [1.807, 2.05) is 6.07 Å². The van der Waals surface area contributed by atoms with Crippen LogP contribution in [0.25, 0.3) is 0 Å². The summed E-state index contributed by atoms with van der Waals surface area (Å²) in [5.74, 6) is 1.71. The van der Waals surface area contributed by atoms with Crippen molar-refractivity contribution in [2.24, 2.45) is 0 Å². The van der Waals surface area contributed by atoms with E-state index < -0.39 is 0 Å². The quantitative estimate of drug-likeness (QED) is 0.917. The molecule has 1 aliphatic rings. The number of anilines is 1. The van der Waals surface area contributed by atoms with Crippen LogP contribution in [-0.2, 0) is 6.54 Å². The van der Waals surface area contributed by atoms with Crippen LogP contribution in [0, 0.1) is 0 Å². The number of ether oxygens (including phenoxy) is 2. The lowest BCUT2D eigenvalue weighted by molar-refractivity contribution is 0.297. The van der Waals surface area contributed by atoms with E-state index in [0.717, 1.165) is 43.4 Å². The smallest absolute Gasteiger partial charge is 0.161 e. The highest BCUT2D eigenvalue weighted by atomic mass is 32.1. The maximum atomic E-state index is 5.68. The van der Waals surface area contributed by atoms with E-state index in [-0.39, 0.29) is 0 Å². The topological polar surface area (TPSA) is 30.5 Å². The fourth-order valence-electron chi connectivity index (χ4n) is 1.89. The predicted octanol–water partition coefficient (Wildman–Crippen LogP) is 3.52. The van der Waals surface area contributed by atoms with Crippen molar-refractivity contribution in [3.8, 4) is 11.5 Å². The lowest BCUT2D eigenvalue weighted by atomic mass is 10.2. The van der Waals surface area contributed by atoms with Crippen molar-refractivity contribution in [1.29, 1.82) is 0 Å². The highest BCUT2D eigenvalue weighted by Crippen LogP contribution is 2.30. The van der Waals surface area contributed by atoms with Gasteiger partial charge >= 0.3 is 0 Å². The van der Waals surface area contributed by atoms with Crippen LogP contribution in [0.3, 0.4) is 0 Å². The molecule has 2 aromatic rings. The SMILES string of the molecule is c1cc(NCc2ccc3c(c2)OCCCO3)cs1.